The van der Waals surface area contributed by atoms with E-state index in [-0.39, 0.29) is 19.1 Å². The summed E-state index contributed by atoms with van der Waals surface area (Å²) in [6.45, 7) is 0.136. The highest BCUT2D eigenvalue weighted by atomic mass is 16.5. The van der Waals surface area contributed by atoms with Crippen molar-refractivity contribution in [3.8, 4) is 0 Å². The predicted octanol–water partition coefficient (Wildman–Crippen LogP) is 1.57. The number of anilines is 1. The third-order valence-corrected chi connectivity index (χ3v) is 3.41. The van der Waals surface area contributed by atoms with Crippen LogP contribution < -0.4 is 5.32 Å². The molecule has 1 aliphatic heterocycles. The van der Waals surface area contributed by atoms with Crippen LogP contribution in [0, 0.1) is 0 Å². The third kappa shape index (κ3) is 5.20. The molecule has 1 aromatic carbocycles. The van der Waals surface area contributed by atoms with Crippen LogP contribution in [0.1, 0.15) is 25.7 Å². The molecule has 0 radical (unpaired) electrons. The topological polar surface area (TPSA) is 75.7 Å². The molecule has 1 aromatic rings. The summed E-state index contributed by atoms with van der Waals surface area (Å²) in [7, 11) is 0. The third-order valence-electron chi connectivity index (χ3n) is 3.41. The Hall–Kier alpha value is -2.37. The second-order valence-corrected chi connectivity index (χ2v) is 5.20. The van der Waals surface area contributed by atoms with E-state index < -0.39 is 11.9 Å². The first-order valence-electron chi connectivity index (χ1n) is 7.43. The van der Waals surface area contributed by atoms with Crippen molar-refractivity contribution in [1.29, 1.82) is 0 Å². The Balaban J connectivity index is 1.72. The van der Waals surface area contributed by atoms with Gasteiger partial charge in [-0.25, -0.2) is 0 Å². The van der Waals surface area contributed by atoms with Gasteiger partial charge in [0.2, 0.25) is 5.91 Å². The van der Waals surface area contributed by atoms with Crippen molar-refractivity contribution < 1.29 is 19.1 Å². The van der Waals surface area contributed by atoms with Crippen LogP contribution in [-0.4, -0.2) is 42.4 Å². The number of para-hydroxylation sites is 1. The zero-order valence-corrected chi connectivity index (χ0v) is 12.4. The van der Waals surface area contributed by atoms with Gasteiger partial charge in [0.15, 0.2) is 6.61 Å². The van der Waals surface area contributed by atoms with Crippen molar-refractivity contribution in [3.63, 3.8) is 0 Å². The van der Waals surface area contributed by atoms with Crippen molar-refractivity contribution in [1.82, 2.24) is 4.90 Å². The van der Waals surface area contributed by atoms with Gasteiger partial charge in [-0.05, 0) is 25.0 Å². The minimum atomic E-state index is -0.557. The SMILES string of the molecule is O=C(COC(=O)CN1CCCCCC1=O)Nc1ccccc1. The Morgan fingerprint density at radius 3 is 2.68 bits per heavy atom. The van der Waals surface area contributed by atoms with E-state index >= 15 is 0 Å². The molecule has 0 aliphatic carbocycles. The first kappa shape index (κ1) is 16.0. The molecule has 0 aromatic heterocycles. The molecule has 0 saturated carbocycles. The molecule has 0 spiro atoms. The Bertz CT molecular complexity index is 530. The van der Waals surface area contributed by atoms with Crippen LogP contribution in [0.2, 0.25) is 0 Å². The smallest absolute Gasteiger partial charge is 0.326 e. The first-order valence-corrected chi connectivity index (χ1v) is 7.43. The van der Waals surface area contributed by atoms with Gasteiger partial charge in [-0.15, -0.1) is 0 Å². The highest BCUT2D eigenvalue weighted by Gasteiger charge is 2.20. The van der Waals surface area contributed by atoms with E-state index in [1.807, 2.05) is 6.07 Å². The molecule has 22 heavy (non-hydrogen) atoms. The molecule has 1 heterocycles. The maximum Gasteiger partial charge on any atom is 0.326 e. The van der Waals surface area contributed by atoms with Gasteiger partial charge in [0.1, 0.15) is 6.54 Å². The highest BCUT2D eigenvalue weighted by molar-refractivity contribution is 5.93. The molecule has 1 saturated heterocycles. The van der Waals surface area contributed by atoms with Crippen LogP contribution >= 0.6 is 0 Å². The summed E-state index contributed by atoms with van der Waals surface area (Å²) in [4.78, 5) is 36.7. The van der Waals surface area contributed by atoms with Crippen molar-refractivity contribution in [2.45, 2.75) is 25.7 Å². The van der Waals surface area contributed by atoms with E-state index in [9.17, 15) is 14.4 Å². The molecule has 1 fully saturated rings. The average Bonchev–Trinajstić information content (AvgIpc) is 2.71. The van der Waals surface area contributed by atoms with Crippen molar-refractivity contribution >= 4 is 23.5 Å². The van der Waals surface area contributed by atoms with Crippen molar-refractivity contribution in [2.75, 3.05) is 25.0 Å². The molecule has 6 nitrogen and oxygen atoms in total. The number of nitrogens with zero attached hydrogens (tertiary/aromatic N) is 1. The molecule has 2 rings (SSSR count). The number of amides is 2. The lowest BCUT2D eigenvalue weighted by molar-refractivity contribution is -0.151. The number of benzene rings is 1. The van der Waals surface area contributed by atoms with Gasteiger partial charge in [0, 0.05) is 18.7 Å². The summed E-state index contributed by atoms with van der Waals surface area (Å²) in [5.41, 5.74) is 0.645. The molecule has 1 N–H and O–H groups in total. The summed E-state index contributed by atoms with van der Waals surface area (Å²) < 4.78 is 4.92. The predicted molar refractivity (Wildman–Crippen MR) is 81.1 cm³/mol. The lowest BCUT2D eigenvalue weighted by atomic mass is 10.2. The monoisotopic (exact) mass is 304 g/mol. The second-order valence-electron chi connectivity index (χ2n) is 5.20. The number of nitrogens with one attached hydrogen (secondary N) is 1. The first-order chi connectivity index (χ1) is 10.6. The largest absolute Gasteiger partial charge is 0.454 e. The van der Waals surface area contributed by atoms with Crippen LogP contribution in [0.25, 0.3) is 0 Å². The number of carbonyl (C=O) groups excluding carboxylic acids is 3. The normalized spacial score (nSPS) is 15.1. The molecular weight excluding hydrogens is 284 g/mol. The number of esters is 1. The van der Waals surface area contributed by atoms with Crippen LogP contribution in [0.5, 0.6) is 0 Å². The van der Waals surface area contributed by atoms with Gasteiger partial charge in [0.05, 0.1) is 0 Å². The molecule has 0 bridgehead atoms. The van der Waals surface area contributed by atoms with Gasteiger partial charge in [-0.3, -0.25) is 14.4 Å². The van der Waals surface area contributed by atoms with Crippen molar-refractivity contribution in [2.24, 2.45) is 0 Å². The van der Waals surface area contributed by atoms with Crippen molar-refractivity contribution in [3.05, 3.63) is 30.3 Å². The molecule has 6 heteroatoms. The molecule has 0 unspecified atom stereocenters. The molecule has 2 amide bonds. The minimum absolute atomic E-state index is 0.0248. The number of hydrogen-bond acceptors (Lipinski definition) is 4. The van der Waals surface area contributed by atoms with Gasteiger partial charge in [-0.1, -0.05) is 24.6 Å². The Morgan fingerprint density at radius 1 is 1.14 bits per heavy atom. The molecule has 0 atom stereocenters. The fourth-order valence-corrected chi connectivity index (χ4v) is 2.27. The fourth-order valence-electron chi connectivity index (χ4n) is 2.27. The zero-order chi connectivity index (χ0) is 15.8. The minimum Gasteiger partial charge on any atom is -0.454 e. The number of rotatable bonds is 5. The number of hydrogen-bond donors (Lipinski definition) is 1. The summed E-state index contributed by atoms with van der Waals surface area (Å²) in [5.74, 6) is -0.983. The molecule has 1 aliphatic rings. The average molecular weight is 304 g/mol. The van der Waals surface area contributed by atoms with E-state index in [4.69, 9.17) is 4.74 Å². The van der Waals surface area contributed by atoms with Crippen LogP contribution in [0.4, 0.5) is 5.69 Å². The molecular formula is C16H20N2O4. The van der Waals surface area contributed by atoms with Gasteiger partial charge >= 0.3 is 5.97 Å². The Kier molecular flexibility index (Phi) is 5.94. The van der Waals surface area contributed by atoms with E-state index in [2.05, 4.69) is 5.32 Å². The second kappa shape index (κ2) is 8.17. The van der Waals surface area contributed by atoms with Gasteiger partial charge in [0.25, 0.3) is 5.91 Å². The maximum atomic E-state index is 11.8. The van der Waals surface area contributed by atoms with E-state index in [0.717, 1.165) is 19.3 Å². The quantitative estimate of drug-likeness (QED) is 0.838. The zero-order valence-electron chi connectivity index (χ0n) is 12.4. The lowest BCUT2D eigenvalue weighted by Crippen LogP contribution is -2.36. The van der Waals surface area contributed by atoms with E-state index in [0.29, 0.717) is 18.7 Å². The van der Waals surface area contributed by atoms with Crippen LogP contribution in [0.3, 0.4) is 0 Å². The van der Waals surface area contributed by atoms with Gasteiger partial charge in [-0.2, -0.15) is 0 Å². The summed E-state index contributed by atoms with van der Waals surface area (Å²) in [6, 6.07) is 8.93. The Morgan fingerprint density at radius 2 is 1.91 bits per heavy atom. The molecule has 118 valence electrons. The Labute approximate surface area is 129 Å². The maximum absolute atomic E-state index is 11.8. The van der Waals surface area contributed by atoms with Crippen LogP contribution in [-0.2, 0) is 19.1 Å². The number of ether oxygens (including phenoxy) is 1. The summed E-state index contributed by atoms with van der Waals surface area (Å²) in [6.07, 6.45) is 3.23. The van der Waals surface area contributed by atoms with Crippen LogP contribution in [0.15, 0.2) is 30.3 Å². The standard InChI is InChI=1S/C16H20N2O4/c19-14(17-13-7-3-1-4-8-13)12-22-16(21)11-18-10-6-2-5-9-15(18)20/h1,3-4,7-8H,2,5-6,9-12H2,(H,17,19). The highest BCUT2D eigenvalue weighted by Crippen LogP contribution is 2.11. The van der Waals surface area contributed by atoms with Gasteiger partial charge < -0.3 is 15.0 Å². The summed E-state index contributed by atoms with van der Waals surface area (Å²) in [5, 5.41) is 2.62. The number of carbonyl (C=O) groups is 3. The van der Waals surface area contributed by atoms with E-state index in [1.54, 1.807) is 24.3 Å². The summed E-state index contributed by atoms with van der Waals surface area (Å²) >= 11 is 0. The number of likely N-dealkylation sites (tertiary alicyclic amines) is 1. The fraction of sp³-hybridized carbons (Fsp3) is 0.438. The van der Waals surface area contributed by atoms with E-state index in [1.165, 1.54) is 4.90 Å². The lowest BCUT2D eigenvalue weighted by Gasteiger charge is -2.19.